The second-order valence-electron chi connectivity index (χ2n) is 6.55. The van der Waals surface area contributed by atoms with Crippen LogP contribution in [0.25, 0.3) is 0 Å². The molecular formula is C15H31O3P. The molecule has 0 aliphatic heterocycles. The summed E-state index contributed by atoms with van der Waals surface area (Å²) in [5.41, 5.74) is 0.463. The number of rotatable bonds is 10. The number of hydrogen-bond acceptors (Lipinski definition) is 1. The lowest BCUT2D eigenvalue weighted by atomic mass is 9.89. The van der Waals surface area contributed by atoms with Crippen LogP contribution in [-0.2, 0) is 4.57 Å². The van der Waals surface area contributed by atoms with Crippen LogP contribution in [0, 0.1) is 5.41 Å². The van der Waals surface area contributed by atoms with Gasteiger partial charge in [-0.3, -0.25) is 4.57 Å². The van der Waals surface area contributed by atoms with Crippen molar-refractivity contribution < 1.29 is 14.4 Å². The average Bonchev–Trinajstić information content (AvgIpc) is 2.22. The van der Waals surface area contributed by atoms with Crippen molar-refractivity contribution in [2.24, 2.45) is 5.41 Å². The van der Waals surface area contributed by atoms with Gasteiger partial charge in [0.2, 0.25) is 0 Å². The molecule has 0 unspecified atom stereocenters. The Morgan fingerprint density at radius 2 is 1.37 bits per heavy atom. The van der Waals surface area contributed by atoms with E-state index in [1.165, 1.54) is 38.5 Å². The topological polar surface area (TPSA) is 57.5 Å². The molecular weight excluding hydrogens is 259 g/mol. The number of unbranched alkanes of at least 4 members (excludes halogenated alkanes) is 7. The maximum absolute atomic E-state index is 10.5. The zero-order valence-corrected chi connectivity index (χ0v) is 13.7. The highest BCUT2D eigenvalue weighted by molar-refractivity contribution is 7.55. The lowest BCUT2D eigenvalue weighted by Crippen LogP contribution is -2.03. The fourth-order valence-corrected chi connectivity index (χ4v) is 2.44. The highest BCUT2D eigenvalue weighted by atomic mass is 31.2. The Bertz CT molecular complexity index is 286. The third-order valence-electron chi connectivity index (χ3n) is 3.10. The van der Waals surface area contributed by atoms with Crippen molar-refractivity contribution >= 4 is 7.60 Å². The fourth-order valence-electron chi connectivity index (χ4n) is 2.01. The van der Waals surface area contributed by atoms with Gasteiger partial charge in [0.25, 0.3) is 0 Å². The van der Waals surface area contributed by atoms with E-state index in [-0.39, 0.29) is 0 Å². The van der Waals surface area contributed by atoms with Gasteiger partial charge in [0, 0.05) is 5.82 Å². The molecule has 2 N–H and O–H groups in total. The maximum atomic E-state index is 10.5. The molecule has 0 fully saturated rings. The standard InChI is InChI=1S/C15H31O3P/c1-15(2,3)13-11-9-7-5-4-6-8-10-12-14-19(16,17)18/h12,14H,4-11,13H2,1-3H3,(H2,16,17,18). The normalized spacial score (nSPS) is 13.3. The summed E-state index contributed by atoms with van der Waals surface area (Å²) < 4.78 is 10.5. The van der Waals surface area contributed by atoms with Gasteiger partial charge in [-0.15, -0.1) is 0 Å². The Kier molecular flexibility index (Phi) is 9.68. The number of hydrogen-bond donors (Lipinski definition) is 2. The van der Waals surface area contributed by atoms with Crippen LogP contribution in [0.1, 0.15) is 78.6 Å². The van der Waals surface area contributed by atoms with Crippen molar-refractivity contribution in [3.63, 3.8) is 0 Å². The molecule has 4 heteroatoms. The van der Waals surface area contributed by atoms with Crippen molar-refractivity contribution in [1.29, 1.82) is 0 Å². The predicted octanol–water partition coefficient (Wildman–Crippen LogP) is 5.23. The van der Waals surface area contributed by atoms with Gasteiger partial charge in [-0.25, -0.2) is 0 Å². The lowest BCUT2D eigenvalue weighted by Gasteiger charge is -2.17. The molecule has 19 heavy (non-hydrogen) atoms. The van der Waals surface area contributed by atoms with E-state index in [4.69, 9.17) is 9.79 Å². The summed E-state index contributed by atoms with van der Waals surface area (Å²) in [6, 6.07) is 0. The molecule has 0 aliphatic carbocycles. The molecule has 0 saturated heterocycles. The van der Waals surface area contributed by atoms with Gasteiger partial charge >= 0.3 is 7.60 Å². The van der Waals surface area contributed by atoms with E-state index in [1.807, 2.05) is 0 Å². The van der Waals surface area contributed by atoms with E-state index in [9.17, 15) is 4.57 Å². The molecule has 0 aromatic heterocycles. The molecule has 0 rings (SSSR count). The summed E-state index contributed by atoms with van der Waals surface area (Å²) in [6.45, 7) is 6.87. The van der Waals surface area contributed by atoms with Gasteiger partial charge in [-0.1, -0.05) is 65.4 Å². The van der Waals surface area contributed by atoms with E-state index < -0.39 is 7.60 Å². The second kappa shape index (κ2) is 9.74. The van der Waals surface area contributed by atoms with Gasteiger partial charge in [0.15, 0.2) is 0 Å². The molecule has 0 spiro atoms. The third kappa shape index (κ3) is 17.9. The monoisotopic (exact) mass is 290 g/mol. The zero-order chi connectivity index (χ0) is 14.8. The van der Waals surface area contributed by atoms with Crippen LogP contribution < -0.4 is 0 Å². The minimum absolute atomic E-state index is 0.463. The Labute approximate surface area is 118 Å². The van der Waals surface area contributed by atoms with Crippen molar-refractivity contribution in [1.82, 2.24) is 0 Å². The summed E-state index contributed by atoms with van der Waals surface area (Å²) in [4.78, 5) is 17.2. The van der Waals surface area contributed by atoms with E-state index in [0.29, 0.717) is 5.41 Å². The molecule has 0 aliphatic rings. The van der Waals surface area contributed by atoms with E-state index in [1.54, 1.807) is 6.08 Å². The van der Waals surface area contributed by atoms with Crippen LogP contribution in [0.4, 0.5) is 0 Å². The molecule has 0 amide bonds. The SMILES string of the molecule is CC(C)(C)CCCCCCCCCC=CP(=O)(O)O. The highest BCUT2D eigenvalue weighted by Gasteiger charge is 2.08. The van der Waals surface area contributed by atoms with E-state index in [2.05, 4.69) is 20.8 Å². The van der Waals surface area contributed by atoms with Gasteiger partial charge in [0.05, 0.1) is 0 Å². The van der Waals surface area contributed by atoms with Crippen LogP contribution >= 0.6 is 7.60 Å². The summed E-state index contributed by atoms with van der Waals surface area (Å²) in [6.07, 6.45) is 12.4. The van der Waals surface area contributed by atoms with Gasteiger partial charge in [-0.2, -0.15) is 0 Å². The van der Waals surface area contributed by atoms with Crippen molar-refractivity contribution in [2.45, 2.75) is 78.6 Å². The molecule has 114 valence electrons. The summed E-state index contributed by atoms with van der Waals surface area (Å²) in [5, 5.41) is 0. The molecule has 0 aromatic carbocycles. The maximum Gasteiger partial charge on any atom is 0.348 e. The molecule has 0 radical (unpaired) electrons. The van der Waals surface area contributed by atoms with Gasteiger partial charge < -0.3 is 9.79 Å². The average molecular weight is 290 g/mol. The van der Waals surface area contributed by atoms with Crippen molar-refractivity contribution in [2.75, 3.05) is 0 Å². The lowest BCUT2D eigenvalue weighted by molar-refractivity contribution is 0.356. The molecule has 3 nitrogen and oxygen atoms in total. The van der Waals surface area contributed by atoms with Crippen LogP contribution in [0.15, 0.2) is 11.9 Å². The van der Waals surface area contributed by atoms with Crippen LogP contribution in [0.5, 0.6) is 0 Å². The van der Waals surface area contributed by atoms with Crippen molar-refractivity contribution in [3.8, 4) is 0 Å². The summed E-state index contributed by atoms with van der Waals surface area (Å²) in [5.74, 6) is 1.01. The first kappa shape index (κ1) is 18.9. The molecule has 0 aromatic rings. The van der Waals surface area contributed by atoms with Crippen LogP contribution in [0.2, 0.25) is 0 Å². The first-order valence-electron chi connectivity index (χ1n) is 7.44. The van der Waals surface area contributed by atoms with Crippen LogP contribution in [-0.4, -0.2) is 9.79 Å². The second-order valence-corrected chi connectivity index (χ2v) is 8.02. The molecule has 0 saturated carbocycles. The largest absolute Gasteiger partial charge is 0.348 e. The zero-order valence-electron chi connectivity index (χ0n) is 12.8. The molecule has 0 atom stereocenters. The van der Waals surface area contributed by atoms with Gasteiger partial charge in [-0.05, 0) is 24.7 Å². The Balaban J connectivity index is 3.24. The Morgan fingerprint density at radius 3 is 1.84 bits per heavy atom. The quantitative estimate of drug-likeness (QED) is 0.427. The Morgan fingerprint density at radius 1 is 0.895 bits per heavy atom. The summed E-state index contributed by atoms with van der Waals surface area (Å²) >= 11 is 0. The van der Waals surface area contributed by atoms with Crippen LogP contribution in [0.3, 0.4) is 0 Å². The first-order chi connectivity index (χ1) is 8.71. The van der Waals surface area contributed by atoms with E-state index >= 15 is 0 Å². The van der Waals surface area contributed by atoms with Crippen molar-refractivity contribution in [3.05, 3.63) is 11.9 Å². The predicted molar refractivity (Wildman–Crippen MR) is 82.2 cm³/mol. The highest BCUT2D eigenvalue weighted by Crippen LogP contribution is 2.36. The minimum Gasteiger partial charge on any atom is -0.321 e. The molecule has 0 heterocycles. The van der Waals surface area contributed by atoms with E-state index in [0.717, 1.165) is 25.1 Å². The third-order valence-corrected chi connectivity index (χ3v) is 3.70. The van der Waals surface area contributed by atoms with Gasteiger partial charge in [0.1, 0.15) is 0 Å². The number of allylic oxidation sites excluding steroid dienone is 1. The fraction of sp³-hybridized carbons (Fsp3) is 0.867. The minimum atomic E-state index is -3.93. The molecule has 0 bridgehead atoms. The Hall–Kier alpha value is -0.110. The first-order valence-corrected chi connectivity index (χ1v) is 9.12. The smallest absolute Gasteiger partial charge is 0.321 e. The summed E-state index contributed by atoms with van der Waals surface area (Å²) in [7, 11) is -3.93.